The SMILES string of the molecule is CCn1nc(-c2ncc(C)o2)c2c1CCN(C(=O)c1ccc([N+](=O)[O-])o1)C2. The van der Waals surface area contributed by atoms with Crippen LogP contribution >= 0.6 is 0 Å². The summed E-state index contributed by atoms with van der Waals surface area (Å²) >= 11 is 0. The fraction of sp³-hybridized carbons (Fsp3) is 0.353. The highest BCUT2D eigenvalue weighted by Gasteiger charge is 2.31. The molecule has 27 heavy (non-hydrogen) atoms. The van der Waals surface area contributed by atoms with Crippen LogP contribution in [0.2, 0.25) is 0 Å². The summed E-state index contributed by atoms with van der Waals surface area (Å²) in [5, 5.41) is 15.4. The molecular weight excluding hydrogens is 354 g/mol. The van der Waals surface area contributed by atoms with E-state index in [1.165, 1.54) is 12.1 Å². The van der Waals surface area contributed by atoms with Crippen molar-refractivity contribution in [3.8, 4) is 11.6 Å². The standard InChI is InChI=1S/C17H17N5O5/c1-3-21-12-6-7-20(17(23)13-4-5-14(27-13)22(24)25)9-11(12)15(19-21)16-18-8-10(2)26-16/h4-5,8H,3,6-7,9H2,1-2H3. The van der Waals surface area contributed by atoms with Crippen LogP contribution in [0.25, 0.3) is 11.6 Å². The Kier molecular flexibility index (Phi) is 4.02. The molecule has 0 spiro atoms. The third-order valence-electron chi connectivity index (χ3n) is 4.53. The second kappa shape index (κ2) is 6.38. The monoisotopic (exact) mass is 371 g/mol. The molecule has 0 saturated heterocycles. The zero-order valence-electron chi connectivity index (χ0n) is 14.8. The van der Waals surface area contributed by atoms with Gasteiger partial charge in [0.25, 0.3) is 5.91 Å². The molecule has 10 nitrogen and oxygen atoms in total. The van der Waals surface area contributed by atoms with Crippen LogP contribution in [0.4, 0.5) is 5.88 Å². The van der Waals surface area contributed by atoms with Crippen molar-refractivity contribution < 1.29 is 18.6 Å². The van der Waals surface area contributed by atoms with Gasteiger partial charge < -0.3 is 13.7 Å². The molecule has 3 aromatic heterocycles. The van der Waals surface area contributed by atoms with Gasteiger partial charge in [0.1, 0.15) is 10.7 Å². The van der Waals surface area contributed by atoms with Crippen molar-refractivity contribution in [2.75, 3.05) is 6.54 Å². The lowest BCUT2D eigenvalue weighted by Crippen LogP contribution is -2.36. The zero-order valence-corrected chi connectivity index (χ0v) is 14.8. The topological polar surface area (TPSA) is 120 Å². The minimum Gasteiger partial charge on any atom is -0.440 e. The molecule has 4 heterocycles. The maximum atomic E-state index is 12.7. The molecule has 0 aromatic carbocycles. The van der Waals surface area contributed by atoms with Gasteiger partial charge in [0.2, 0.25) is 5.89 Å². The summed E-state index contributed by atoms with van der Waals surface area (Å²) < 4.78 is 12.6. The average Bonchev–Trinajstić information content (AvgIpc) is 3.38. The summed E-state index contributed by atoms with van der Waals surface area (Å²) in [6.07, 6.45) is 2.24. The Morgan fingerprint density at radius 2 is 2.19 bits per heavy atom. The fourth-order valence-corrected chi connectivity index (χ4v) is 3.26. The van der Waals surface area contributed by atoms with E-state index in [1.54, 1.807) is 18.0 Å². The molecule has 3 aromatic rings. The Hall–Kier alpha value is -3.43. The number of aromatic nitrogens is 3. The van der Waals surface area contributed by atoms with E-state index >= 15 is 0 Å². The molecule has 1 aliphatic rings. The minimum atomic E-state index is -0.667. The van der Waals surface area contributed by atoms with E-state index < -0.39 is 16.7 Å². The number of nitrogens with zero attached hydrogens (tertiary/aromatic N) is 5. The fourth-order valence-electron chi connectivity index (χ4n) is 3.26. The summed E-state index contributed by atoms with van der Waals surface area (Å²) in [4.78, 5) is 28.7. The first-order valence-corrected chi connectivity index (χ1v) is 8.52. The quantitative estimate of drug-likeness (QED) is 0.510. The lowest BCUT2D eigenvalue weighted by molar-refractivity contribution is -0.402. The number of amides is 1. The van der Waals surface area contributed by atoms with Gasteiger partial charge in [0.05, 0.1) is 18.8 Å². The Morgan fingerprint density at radius 1 is 1.37 bits per heavy atom. The van der Waals surface area contributed by atoms with Crippen LogP contribution in [-0.4, -0.2) is 37.0 Å². The van der Waals surface area contributed by atoms with Gasteiger partial charge >= 0.3 is 5.88 Å². The first-order valence-electron chi connectivity index (χ1n) is 8.52. The van der Waals surface area contributed by atoms with Gasteiger partial charge in [-0.3, -0.25) is 19.6 Å². The van der Waals surface area contributed by atoms with Crippen molar-refractivity contribution in [3.63, 3.8) is 0 Å². The van der Waals surface area contributed by atoms with E-state index in [9.17, 15) is 14.9 Å². The number of aryl methyl sites for hydroxylation is 2. The molecule has 0 radical (unpaired) electrons. The Morgan fingerprint density at radius 3 is 2.81 bits per heavy atom. The summed E-state index contributed by atoms with van der Waals surface area (Å²) in [7, 11) is 0. The minimum absolute atomic E-state index is 0.0541. The summed E-state index contributed by atoms with van der Waals surface area (Å²) in [6.45, 7) is 5.27. The molecule has 1 amide bonds. The van der Waals surface area contributed by atoms with Gasteiger partial charge in [-0.2, -0.15) is 5.10 Å². The van der Waals surface area contributed by atoms with E-state index in [0.29, 0.717) is 43.4 Å². The molecule has 10 heteroatoms. The van der Waals surface area contributed by atoms with Gasteiger partial charge in [-0.05, 0) is 19.9 Å². The Balaban J connectivity index is 1.66. The maximum Gasteiger partial charge on any atom is 0.433 e. The van der Waals surface area contributed by atoms with Crippen LogP contribution < -0.4 is 0 Å². The maximum absolute atomic E-state index is 12.7. The van der Waals surface area contributed by atoms with Gasteiger partial charge in [0, 0.05) is 30.8 Å². The molecule has 0 atom stereocenters. The average molecular weight is 371 g/mol. The number of oxazole rings is 1. The number of nitro groups is 1. The lowest BCUT2D eigenvalue weighted by Gasteiger charge is -2.26. The van der Waals surface area contributed by atoms with Crippen molar-refractivity contribution in [2.24, 2.45) is 0 Å². The first-order chi connectivity index (χ1) is 13.0. The van der Waals surface area contributed by atoms with Crippen LogP contribution in [0.15, 0.2) is 27.2 Å². The van der Waals surface area contributed by atoms with Gasteiger partial charge in [-0.1, -0.05) is 0 Å². The van der Waals surface area contributed by atoms with Crippen molar-refractivity contribution in [2.45, 2.75) is 33.4 Å². The van der Waals surface area contributed by atoms with Crippen LogP contribution in [0.5, 0.6) is 0 Å². The van der Waals surface area contributed by atoms with Crippen LogP contribution in [0.3, 0.4) is 0 Å². The predicted octanol–water partition coefficient (Wildman–Crippen LogP) is 2.57. The molecule has 0 fully saturated rings. The second-order valence-corrected chi connectivity index (χ2v) is 6.24. The lowest BCUT2D eigenvalue weighted by atomic mass is 10.0. The highest BCUT2D eigenvalue weighted by atomic mass is 16.6. The molecule has 140 valence electrons. The third kappa shape index (κ3) is 2.88. The van der Waals surface area contributed by atoms with E-state index in [0.717, 1.165) is 11.3 Å². The van der Waals surface area contributed by atoms with Crippen molar-refractivity contribution in [1.82, 2.24) is 19.7 Å². The van der Waals surface area contributed by atoms with Crippen LogP contribution in [0, 0.1) is 17.0 Å². The van der Waals surface area contributed by atoms with E-state index in [2.05, 4.69) is 10.1 Å². The second-order valence-electron chi connectivity index (χ2n) is 6.24. The summed E-state index contributed by atoms with van der Waals surface area (Å²) in [6, 6.07) is 2.50. The number of furan rings is 1. The predicted molar refractivity (Wildman–Crippen MR) is 91.9 cm³/mol. The van der Waals surface area contributed by atoms with Gasteiger partial charge in [-0.15, -0.1) is 0 Å². The van der Waals surface area contributed by atoms with Crippen LogP contribution in [-0.2, 0) is 19.5 Å². The van der Waals surface area contributed by atoms with E-state index in [4.69, 9.17) is 8.83 Å². The van der Waals surface area contributed by atoms with Crippen molar-refractivity contribution >= 4 is 11.8 Å². The number of rotatable bonds is 4. The normalized spacial score (nSPS) is 13.6. The van der Waals surface area contributed by atoms with E-state index in [1.807, 2.05) is 11.6 Å². The van der Waals surface area contributed by atoms with Gasteiger partial charge in [-0.25, -0.2) is 4.98 Å². The molecular formula is C17H17N5O5. The third-order valence-corrected chi connectivity index (χ3v) is 4.53. The zero-order chi connectivity index (χ0) is 19.1. The van der Waals surface area contributed by atoms with Crippen molar-refractivity contribution in [1.29, 1.82) is 0 Å². The first kappa shape index (κ1) is 17.0. The van der Waals surface area contributed by atoms with Crippen LogP contribution in [0.1, 0.15) is 34.5 Å². The number of carbonyl (C=O) groups excluding carboxylic acids is 1. The summed E-state index contributed by atoms with van der Waals surface area (Å²) in [5.41, 5.74) is 2.53. The summed E-state index contributed by atoms with van der Waals surface area (Å²) in [5.74, 6) is 0.190. The van der Waals surface area contributed by atoms with Gasteiger partial charge in [0.15, 0.2) is 11.5 Å². The number of fused-ring (bicyclic) bond motifs is 1. The molecule has 4 rings (SSSR count). The Labute approximate surface area is 153 Å². The number of hydrogen-bond acceptors (Lipinski definition) is 7. The molecule has 1 aliphatic heterocycles. The van der Waals surface area contributed by atoms with Crippen molar-refractivity contribution in [3.05, 3.63) is 51.2 Å². The smallest absolute Gasteiger partial charge is 0.433 e. The number of hydrogen-bond donors (Lipinski definition) is 0. The Bertz CT molecular complexity index is 1030. The number of carbonyl (C=O) groups is 1. The molecule has 0 bridgehead atoms. The molecule has 0 aliphatic carbocycles. The molecule has 0 unspecified atom stereocenters. The largest absolute Gasteiger partial charge is 0.440 e. The van der Waals surface area contributed by atoms with E-state index in [-0.39, 0.29) is 5.76 Å². The molecule has 0 N–H and O–H groups in total. The molecule has 0 saturated carbocycles. The highest BCUT2D eigenvalue weighted by Crippen LogP contribution is 2.31. The highest BCUT2D eigenvalue weighted by molar-refractivity contribution is 5.92.